The van der Waals surface area contributed by atoms with Gasteiger partial charge in [0.1, 0.15) is 11.4 Å². The van der Waals surface area contributed by atoms with Gasteiger partial charge in [0.05, 0.1) is 32.8 Å². The van der Waals surface area contributed by atoms with Crippen molar-refractivity contribution in [3.63, 3.8) is 0 Å². The van der Waals surface area contributed by atoms with E-state index in [4.69, 9.17) is 27.9 Å². The van der Waals surface area contributed by atoms with E-state index in [0.717, 1.165) is 6.07 Å². The fourth-order valence-electron chi connectivity index (χ4n) is 3.83. The van der Waals surface area contributed by atoms with Crippen LogP contribution in [-0.4, -0.2) is 30.6 Å². The highest BCUT2D eigenvalue weighted by molar-refractivity contribution is 7.85. The quantitative estimate of drug-likeness (QED) is 0.155. The smallest absolute Gasteiger partial charge is 0.294 e. The average molecular weight is 574 g/mol. The number of hydrogen-bond acceptors (Lipinski definition) is 7. The van der Waals surface area contributed by atoms with Gasteiger partial charge in [-0.15, -0.1) is 10.2 Å². The number of benzene rings is 4. The summed E-state index contributed by atoms with van der Waals surface area (Å²) in [4.78, 5) is 12.9. The highest BCUT2D eigenvalue weighted by atomic mass is 35.5. The van der Waals surface area contributed by atoms with Gasteiger partial charge in [-0.2, -0.15) is 8.42 Å². The molecule has 0 aliphatic carbocycles. The first kappa shape index (κ1) is 27.3. The van der Waals surface area contributed by atoms with Crippen LogP contribution in [0.15, 0.2) is 75.8 Å². The standard InChI is InChI=1S/C26H21Cl2N3O6S/c1-3-37-25-19(28)9-6-10-20(25)29-26(33)17-13-15-7-4-5-8-16(15)23(24(17)32)31-30-22-14(2)21(38(34,35)36)12-11-18(22)27/h4-13,32H,3H2,1-2H3,(H,29,33)(H,34,35,36). The fourth-order valence-corrected chi connectivity index (χ4v) is 5.03. The summed E-state index contributed by atoms with van der Waals surface area (Å²) in [7, 11) is -4.54. The fraction of sp³-hybridized carbons (Fsp3) is 0.115. The average Bonchev–Trinajstić information content (AvgIpc) is 2.86. The molecule has 196 valence electrons. The molecule has 12 heteroatoms. The van der Waals surface area contributed by atoms with Crippen molar-refractivity contribution in [1.82, 2.24) is 0 Å². The first-order valence-electron chi connectivity index (χ1n) is 11.2. The lowest BCUT2D eigenvalue weighted by molar-refractivity contribution is 0.102. The zero-order chi connectivity index (χ0) is 27.6. The largest absolute Gasteiger partial charge is 0.505 e. The predicted molar refractivity (Wildman–Crippen MR) is 146 cm³/mol. The molecule has 9 nitrogen and oxygen atoms in total. The van der Waals surface area contributed by atoms with Gasteiger partial charge in [0.2, 0.25) is 0 Å². The summed E-state index contributed by atoms with van der Waals surface area (Å²) in [6.45, 7) is 3.51. The Hall–Kier alpha value is -3.70. The van der Waals surface area contributed by atoms with E-state index >= 15 is 0 Å². The first-order chi connectivity index (χ1) is 18.0. The molecule has 38 heavy (non-hydrogen) atoms. The van der Waals surface area contributed by atoms with Crippen molar-refractivity contribution in [2.75, 3.05) is 11.9 Å². The number of carbonyl (C=O) groups excluding carboxylic acids is 1. The van der Waals surface area contributed by atoms with Crippen LogP contribution >= 0.6 is 23.2 Å². The van der Waals surface area contributed by atoms with Crippen molar-refractivity contribution >= 4 is 67.1 Å². The lowest BCUT2D eigenvalue weighted by Gasteiger charge is -2.14. The lowest BCUT2D eigenvalue weighted by atomic mass is 10.0. The number of phenolic OH excluding ortho intramolecular Hbond substituents is 1. The van der Waals surface area contributed by atoms with Crippen molar-refractivity contribution in [1.29, 1.82) is 0 Å². The molecule has 4 rings (SSSR count). The molecule has 0 unspecified atom stereocenters. The van der Waals surface area contributed by atoms with E-state index in [-0.39, 0.29) is 38.2 Å². The number of nitrogens with one attached hydrogen (secondary N) is 1. The van der Waals surface area contributed by atoms with Crippen LogP contribution in [0.4, 0.5) is 17.1 Å². The van der Waals surface area contributed by atoms with E-state index < -0.39 is 21.8 Å². The number of para-hydroxylation sites is 1. The van der Waals surface area contributed by atoms with Gasteiger partial charge < -0.3 is 15.2 Å². The van der Waals surface area contributed by atoms with Gasteiger partial charge in [-0.3, -0.25) is 9.35 Å². The van der Waals surface area contributed by atoms with Crippen LogP contribution in [0.25, 0.3) is 10.8 Å². The van der Waals surface area contributed by atoms with Gasteiger partial charge >= 0.3 is 0 Å². The number of hydrogen-bond donors (Lipinski definition) is 3. The number of azo groups is 1. The van der Waals surface area contributed by atoms with Crippen LogP contribution in [-0.2, 0) is 10.1 Å². The molecule has 1 amide bonds. The minimum atomic E-state index is -4.54. The van der Waals surface area contributed by atoms with Crippen LogP contribution in [0.1, 0.15) is 22.8 Å². The van der Waals surface area contributed by atoms with Crippen LogP contribution in [0.5, 0.6) is 11.5 Å². The second-order valence-electron chi connectivity index (χ2n) is 8.04. The topological polar surface area (TPSA) is 138 Å². The SMILES string of the molecule is CCOc1c(Cl)cccc1NC(=O)c1cc2ccccc2c(N=Nc2c(Cl)ccc(S(=O)(=O)O)c2C)c1O. The molecule has 0 bridgehead atoms. The van der Waals surface area contributed by atoms with Crippen molar-refractivity contribution in [3.8, 4) is 11.5 Å². The molecular formula is C26H21Cl2N3O6S. The van der Waals surface area contributed by atoms with E-state index in [0.29, 0.717) is 28.1 Å². The first-order valence-corrected chi connectivity index (χ1v) is 13.4. The molecule has 0 fully saturated rings. The summed E-state index contributed by atoms with van der Waals surface area (Å²) < 4.78 is 38.5. The predicted octanol–water partition coefficient (Wildman–Crippen LogP) is 7.47. The number of rotatable bonds is 7. The molecule has 0 spiro atoms. The van der Waals surface area contributed by atoms with Crippen molar-refractivity contribution in [3.05, 3.63) is 81.8 Å². The molecule has 0 saturated heterocycles. The summed E-state index contributed by atoms with van der Waals surface area (Å²) in [6.07, 6.45) is 0. The third-order valence-corrected chi connectivity index (χ3v) is 7.20. The number of phenols is 1. The minimum absolute atomic E-state index is 0.0274. The molecular weight excluding hydrogens is 553 g/mol. The normalized spacial score (nSPS) is 11.7. The van der Waals surface area contributed by atoms with E-state index in [1.807, 2.05) is 0 Å². The number of carbonyl (C=O) groups is 1. The number of fused-ring (bicyclic) bond motifs is 1. The maximum atomic E-state index is 13.3. The van der Waals surface area contributed by atoms with Gasteiger partial charge in [-0.05, 0) is 55.1 Å². The molecule has 0 aromatic heterocycles. The van der Waals surface area contributed by atoms with Gasteiger partial charge in [0.25, 0.3) is 16.0 Å². The molecule has 3 N–H and O–H groups in total. The molecule has 0 atom stereocenters. The van der Waals surface area contributed by atoms with Crippen molar-refractivity contribution in [2.45, 2.75) is 18.7 Å². The number of anilines is 1. The summed E-state index contributed by atoms with van der Waals surface area (Å²) >= 11 is 12.4. The van der Waals surface area contributed by atoms with Crippen LogP contribution in [0.3, 0.4) is 0 Å². The minimum Gasteiger partial charge on any atom is -0.505 e. The second kappa shape index (κ2) is 11.0. The monoisotopic (exact) mass is 573 g/mol. The number of nitrogens with zero attached hydrogens (tertiary/aromatic N) is 2. The summed E-state index contributed by atoms with van der Waals surface area (Å²) in [6, 6.07) is 15.7. The second-order valence-corrected chi connectivity index (χ2v) is 10.2. The Morgan fingerprint density at radius 2 is 1.71 bits per heavy atom. The van der Waals surface area contributed by atoms with Crippen LogP contribution < -0.4 is 10.1 Å². The van der Waals surface area contributed by atoms with Crippen LogP contribution in [0.2, 0.25) is 10.0 Å². The zero-order valence-corrected chi connectivity index (χ0v) is 22.4. The van der Waals surface area contributed by atoms with Crippen LogP contribution in [0, 0.1) is 6.92 Å². The highest BCUT2D eigenvalue weighted by Gasteiger charge is 2.21. The van der Waals surface area contributed by atoms with E-state index in [2.05, 4.69) is 15.5 Å². The Bertz CT molecular complexity index is 1710. The van der Waals surface area contributed by atoms with Gasteiger partial charge in [-0.25, -0.2) is 0 Å². The third kappa shape index (κ3) is 5.44. The van der Waals surface area contributed by atoms with Crippen molar-refractivity contribution < 1.29 is 27.6 Å². The number of aromatic hydroxyl groups is 1. The maximum absolute atomic E-state index is 13.3. The highest BCUT2D eigenvalue weighted by Crippen LogP contribution is 2.42. The third-order valence-electron chi connectivity index (χ3n) is 5.60. The Balaban J connectivity index is 1.83. The lowest BCUT2D eigenvalue weighted by Crippen LogP contribution is -2.13. The Morgan fingerprint density at radius 1 is 1.00 bits per heavy atom. The molecule has 0 aliphatic heterocycles. The number of amides is 1. The summed E-state index contributed by atoms with van der Waals surface area (Å²) in [5.41, 5.74) is 0.197. The van der Waals surface area contributed by atoms with E-state index in [1.165, 1.54) is 19.1 Å². The van der Waals surface area contributed by atoms with Crippen molar-refractivity contribution in [2.24, 2.45) is 10.2 Å². The van der Waals surface area contributed by atoms with Gasteiger partial charge in [0, 0.05) is 5.39 Å². The van der Waals surface area contributed by atoms with Gasteiger partial charge in [0.15, 0.2) is 11.5 Å². The number of halogens is 2. The summed E-state index contributed by atoms with van der Waals surface area (Å²) in [5.74, 6) is -0.839. The molecule has 0 aliphatic rings. The molecule has 0 saturated carbocycles. The summed E-state index contributed by atoms with van der Waals surface area (Å²) in [5, 5.41) is 23.5. The Kier molecular flexibility index (Phi) is 7.89. The molecule has 4 aromatic carbocycles. The zero-order valence-electron chi connectivity index (χ0n) is 20.1. The Morgan fingerprint density at radius 3 is 2.42 bits per heavy atom. The van der Waals surface area contributed by atoms with Gasteiger partial charge in [-0.1, -0.05) is 53.5 Å². The molecule has 0 radical (unpaired) electrons. The Labute approximate surface area is 228 Å². The molecule has 4 aromatic rings. The molecule has 0 heterocycles. The van der Waals surface area contributed by atoms with E-state index in [9.17, 15) is 22.9 Å². The maximum Gasteiger partial charge on any atom is 0.294 e. The van der Waals surface area contributed by atoms with E-state index in [1.54, 1.807) is 49.4 Å². The number of ether oxygens (including phenoxy) is 1.